The lowest BCUT2D eigenvalue weighted by Crippen LogP contribution is -2.62. The molecule has 1 amide bonds. The fraction of sp³-hybridized carbons (Fsp3) is 0.462. The van der Waals surface area contributed by atoms with E-state index in [1.165, 1.54) is 5.56 Å². The number of nitrogens with zero attached hydrogens (tertiary/aromatic N) is 1. The van der Waals surface area contributed by atoms with Gasteiger partial charge in [0.15, 0.2) is 0 Å². The second kappa shape index (κ2) is 4.24. The van der Waals surface area contributed by atoms with Crippen LogP contribution >= 0.6 is 22.9 Å². The van der Waals surface area contributed by atoms with Crippen LogP contribution in [0.5, 0.6) is 0 Å². The van der Waals surface area contributed by atoms with Crippen LogP contribution in [0.15, 0.2) is 30.3 Å². The van der Waals surface area contributed by atoms with E-state index >= 15 is 0 Å². The van der Waals surface area contributed by atoms with Crippen LogP contribution in [0.25, 0.3) is 0 Å². The Morgan fingerprint density at radius 1 is 1.24 bits per heavy atom. The Hall–Kier alpha value is -0.620. The summed E-state index contributed by atoms with van der Waals surface area (Å²) in [6, 6.07) is 10.7. The van der Waals surface area contributed by atoms with Crippen molar-refractivity contribution in [2.75, 3.05) is 13.1 Å². The highest BCUT2D eigenvalue weighted by atomic mass is 127. The third-order valence-corrected chi connectivity index (χ3v) is 4.98. The van der Waals surface area contributed by atoms with Gasteiger partial charge in [-0.05, 0) is 31.5 Å². The average Bonchev–Trinajstić information content (AvgIpc) is 2.41. The minimum Gasteiger partial charge on any atom is -0.317 e. The van der Waals surface area contributed by atoms with Crippen molar-refractivity contribution in [2.24, 2.45) is 5.41 Å². The van der Waals surface area contributed by atoms with Gasteiger partial charge in [0.1, 0.15) is 0 Å². The summed E-state index contributed by atoms with van der Waals surface area (Å²) in [5, 5.41) is 3.34. The molecule has 0 aliphatic carbocycles. The molecule has 2 aliphatic rings. The first kappa shape index (κ1) is 11.5. The zero-order valence-corrected chi connectivity index (χ0v) is 11.7. The van der Waals surface area contributed by atoms with Gasteiger partial charge in [0.05, 0.1) is 34.3 Å². The van der Waals surface area contributed by atoms with Crippen molar-refractivity contribution in [1.82, 2.24) is 8.43 Å². The van der Waals surface area contributed by atoms with E-state index in [1.807, 2.05) is 9.18 Å². The smallest absolute Gasteiger partial charge is 0.240 e. The topological polar surface area (TPSA) is 32.3 Å². The highest BCUT2D eigenvalue weighted by Gasteiger charge is 2.60. The number of nitrogens with one attached hydrogen (secondary N) is 1. The van der Waals surface area contributed by atoms with Crippen molar-refractivity contribution in [3.8, 4) is 0 Å². The number of rotatable bonds is 1. The fourth-order valence-corrected chi connectivity index (χ4v) is 4.38. The lowest BCUT2D eigenvalue weighted by Gasteiger charge is -2.55. The summed E-state index contributed by atoms with van der Waals surface area (Å²) in [5.41, 5.74) is 1.14. The predicted molar refractivity (Wildman–Crippen MR) is 74.6 cm³/mol. The molecule has 0 bridgehead atoms. The number of carbonyl (C=O) groups excluding carboxylic acids is 1. The molecule has 1 atom stereocenters. The molecule has 0 radical (unpaired) electrons. The van der Waals surface area contributed by atoms with E-state index < -0.39 is 0 Å². The van der Waals surface area contributed by atoms with Crippen molar-refractivity contribution in [1.29, 1.82) is 0 Å². The summed E-state index contributed by atoms with van der Waals surface area (Å²) in [5.74, 6) is 0.313. The van der Waals surface area contributed by atoms with Crippen LogP contribution in [0.3, 0.4) is 0 Å². The first-order valence-corrected chi connectivity index (χ1v) is 6.97. The molecule has 90 valence electrons. The molecule has 2 fully saturated rings. The Labute approximate surface area is 115 Å². The average molecular weight is 342 g/mol. The Bertz CT molecular complexity index is 428. The number of hydrogen-bond donors (Lipinski definition) is 1. The van der Waals surface area contributed by atoms with E-state index in [-0.39, 0.29) is 11.5 Å². The van der Waals surface area contributed by atoms with Gasteiger partial charge in [0.25, 0.3) is 0 Å². The fourth-order valence-electron chi connectivity index (χ4n) is 3.04. The molecule has 2 saturated heterocycles. The van der Waals surface area contributed by atoms with Crippen LogP contribution in [0.1, 0.15) is 24.4 Å². The summed E-state index contributed by atoms with van der Waals surface area (Å²) < 4.78 is 1.87. The predicted octanol–water partition coefficient (Wildman–Crippen LogP) is 2.29. The summed E-state index contributed by atoms with van der Waals surface area (Å²) >= 11 is 2.16. The summed E-state index contributed by atoms with van der Waals surface area (Å²) in [4.78, 5) is 12.2. The third-order valence-electron chi connectivity index (χ3n) is 3.98. The molecular weight excluding hydrogens is 327 g/mol. The summed E-state index contributed by atoms with van der Waals surface area (Å²) in [7, 11) is 0. The van der Waals surface area contributed by atoms with Gasteiger partial charge < -0.3 is 5.32 Å². The second-order valence-corrected chi connectivity index (χ2v) is 5.88. The van der Waals surface area contributed by atoms with Gasteiger partial charge in [-0.3, -0.25) is 7.91 Å². The first-order valence-electron chi connectivity index (χ1n) is 6.01. The molecule has 0 aromatic heterocycles. The van der Waals surface area contributed by atoms with E-state index in [0.29, 0.717) is 5.91 Å². The van der Waals surface area contributed by atoms with Crippen LogP contribution < -0.4 is 5.32 Å². The molecule has 1 aromatic rings. The molecule has 1 aromatic carbocycles. The van der Waals surface area contributed by atoms with Crippen LogP contribution in [-0.4, -0.2) is 22.1 Å². The Kier molecular flexibility index (Phi) is 2.86. The monoisotopic (exact) mass is 342 g/mol. The molecular formula is C13H15IN2O. The molecule has 1 N–H and O–H groups in total. The van der Waals surface area contributed by atoms with Crippen molar-refractivity contribution in [2.45, 2.75) is 18.9 Å². The van der Waals surface area contributed by atoms with E-state index in [0.717, 1.165) is 25.9 Å². The van der Waals surface area contributed by atoms with Gasteiger partial charge in [-0.1, -0.05) is 30.3 Å². The Balaban J connectivity index is 1.95. The van der Waals surface area contributed by atoms with Gasteiger partial charge in [0, 0.05) is 0 Å². The first-order chi connectivity index (χ1) is 8.26. The lowest BCUT2D eigenvalue weighted by molar-refractivity contribution is -0.160. The molecule has 3 nitrogen and oxygen atoms in total. The van der Waals surface area contributed by atoms with E-state index in [9.17, 15) is 4.79 Å². The van der Waals surface area contributed by atoms with Crippen molar-refractivity contribution < 1.29 is 4.79 Å². The number of piperidine rings is 1. The van der Waals surface area contributed by atoms with E-state index in [2.05, 4.69) is 52.4 Å². The maximum Gasteiger partial charge on any atom is 0.240 e. The van der Waals surface area contributed by atoms with E-state index in [1.54, 1.807) is 0 Å². The number of benzene rings is 1. The molecule has 2 heterocycles. The number of halogens is 1. The van der Waals surface area contributed by atoms with Crippen molar-refractivity contribution in [3.63, 3.8) is 0 Å². The highest BCUT2D eigenvalue weighted by Crippen LogP contribution is 2.56. The maximum atomic E-state index is 12.2. The number of β-lactam (4-membered cyclic amide) rings is 1. The largest absolute Gasteiger partial charge is 0.317 e. The van der Waals surface area contributed by atoms with Gasteiger partial charge in [-0.25, -0.2) is 0 Å². The summed E-state index contributed by atoms with van der Waals surface area (Å²) in [6.07, 6.45) is 1.93. The Morgan fingerprint density at radius 3 is 2.53 bits per heavy atom. The van der Waals surface area contributed by atoms with Crippen LogP contribution in [-0.2, 0) is 4.79 Å². The lowest BCUT2D eigenvalue weighted by atomic mass is 9.64. The third kappa shape index (κ3) is 1.61. The molecule has 17 heavy (non-hydrogen) atoms. The minimum atomic E-state index is -0.131. The van der Waals surface area contributed by atoms with Crippen LogP contribution in [0.4, 0.5) is 0 Å². The molecule has 3 rings (SSSR count). The second-order valence-electron chi connectivity index (χ2n) is 4.84. The van der Waals surface area contributed by atoms with Gasteiger partial charge in [-0.2, -0.15) is 0 Å². The van der Waals surface area contributed by atoms with Crippen LogP contribution in [0, 0.1) is 5.41 Å². The van der Waals surface area contributed by atoms with Gasteiger partial charge >= 0.3 is 0 Å². The highest BCUT2D eigenvalue weighted by molar-refractivity contribution is 14.1. The van der Waals surface area contributed by atoms with E-state index in [4.69, 9.17) is 0 Å². The molecule has 4 heteroatoms. The Morgan fingerprint density at radius 2 is 1.88 bits per heavy atom. The number of hydrogen-bond acceptors (Lipinski definition) is 2. The molecule has 2 aliphatic heterocycles. The number of carbonyl (C=O) groups is 1. The zero-order valence-electron chi connectivity index (χ0n) is 9.53. The van der Waals surface area contributed by atoms with Crippen molar-refractivity contribution in [3.05, 3.63) is 35.9 Å². The standard InChI is InChI=1S/C13H15IN2O/c14-16-11(10-4-2-1-3-5-10)13(12(16)17)6-8-15-9-7-13/h1-5,11,15H,6-9H2. The van der Waals surface area contributed by atoms with Gasteiger partial charge in [0.2, 0.25) is 5.91 Å². The molecule has 0 saturated carbocycles. The maximum absolute atomic E-state index is 12.2. The van der Waals surface area contributed by atoms with Crippen molar-refractivity contribution >= 4 is 28.8 Å². The normalized spacial score (nSPS) is 27.0. The minimum absolute atomic E-state index is 0.131. The summed E-state index contributed by atoms with van der Waals surface area (Å²) in [6.45, 7) is 1.92. The quantitative estimate of drug-likeness (QED) is 0.483. The molecule has 1 spiro atoms. The van der Waals surface area contributed by atoms with Gasteiger partial charge in [-0.15, -0.1) is 0 Å². The SMILES string of the molecule is O=C1N(I)C(c2ccccc2)C12CCNCC2. The molecule has 1 unspecified atom stereocenters. The zero-order chi connectivity index (χ0) is 11.9. The number of amides is 1. The van der Waals surface area contributed by atoms with Crippen LogP contribution in [0.2, 0.25) is 0 Å².